The zero-order chi connectivity index (χ0) is 19.5. The van der Waals surface area contributed by atoms with E-state index >= 15 is 0 Å². The molecule has 3 aromatic rings. The van der Waals surface area contributed by atoms with Crippen LogP contribution in [0.25, 0.3) is 23.0 Å². The molecular formula is C24H15BrCl2OSZr-2. The van der Waals surface area contributed by atoms with E-state index in [0.717, 1.165) is 45.3 Å². The first kappa shape index (κ1) is 25.4. The Hall–Kier alpha value is -0.897. The maximum atomic E-state index is 5.60. The van der Waals surface area contributed by atoms with Gasteiger partial charge in [0.15, 0.2) is 5.01 Å². The average Bonchev–Trinajstić information content (AvgIpc) is 3.40. The Bertz CT molecular complexity index is 1150. The summed E-state index contributed by atoms with van der Waals surface area (Å²) in [7, 11) is 4.17. The summed E-state index contributed by atoms with van der Waals surface area (Å²) in [6, 6.07) is 27.2. The SMILES string of the molecule is BrC1C=C2C=c3[c-]cccc3=C2O1.[Cl-].[Cl-].[S]=[Zr+2].[c-]1cccc2c1Cc1ccccc1-2. The Balaban J connectivity index is 0.000000186. The molecular weight excluding hydrogens is 578 g/mol. The first-order valence-corrected chi connectivity index (χ1v) is 13.2. The van der Waals surface area contributed by atoms with Gasteiger partial charge in [-0.3, -0.25) is 0 Å². The van der Waals surface area contributed by atoms with Gasteiger partial charge in [-0.05, 0) is 34.0 Å². The van der Waals surface area contributed by atoms with E-state index in [1.54, 1.807) is 0 Å². The number of benzene rings is 3. The van der Waals surface area contributed by atoms with Gasteiger partial charge in [0.1, 0.15) is 0 Å². The van der Waals surface area contributed by atoms with Crippen molar-refractivity contribution in [1.82, 2.24) is 0 Å². The van der Waals surface area contributed by atoms with Crippen molar-refractivity contribution in [3.8, 4) is 11.1 Å². The van der Waals surface area contributed by atoms with Gasteiger partial charge in [-0.25, -0.2) is 0 Å². The first-order chi connectivity index (χ1) is 13.8. The van der Waals surface area contributed by atoms with E-state index in [1.165, 1.54) is 27.8 Å². The molecule has 3 aromatic carbocycles. The van der Waals surface area contributed by atoms with Crippen molar-refractivity contribution >= 4 is 36.6 Å². The standard InChI is InChI=1S/C13H9.C11H6BrO.2ClH.S.Zr/c1-3-7-12-10(5-1)9-11-6-2-4-8-13(11)12;12-10-6-8-5-7-3-1-2-4-9(7)11(8)13-10;;;;/h1-5,7-8H,9H2;1-2,4-6,10H;2*1H;;/q2*-1;;;;+2/p-2. The molecule has 0 amide bonds. The molecule has 1 unspecified atom stereocenters. The van der Waals surface area contributed by atoms with Crippen LogP contribution in [0.4, 0.5) is 0 Å². The number of ether oxygens (including phenoxy) is 1. The Morgan fingerprint density at radius 1 is 0.933 bits per heavy atom. The predicted octanol–water partition coefficient (Wildman–Crippen LogP) is -1.22. The van der Waals surface area contributed by atoms with Gasteiger partial charge in [0.05, 0.1) is 5.76 Å². The van der Waals surface area contributed by atoms with Gasteiger partial charge in [0, 0.05) is 0 Å². The molecule has 0 fully saturated rings. The van der Waals surface area contributed by atoms with E-state index in [2.05, 4.69) is 91.5 Å². The van der Waals surface area contributed by atoms with Crippen molar-refractivity contribution in [1.29, 1.82) is 0 Å². The molecule has 6 rings (SSSR count). The molecule has 3 aliphatic rings. The van der Waals surface area contributed by atoms with E-state index in [0.29, 0.717) is 0 Å². The van der Waals surface area contributed by atoms with Gasteiger partial charge in [0.2, 0.25) is 0 Å². The van der Waals surface area contributed by atoms with Crippen molar-refractivity contribution in [3.05, 3.63) is 106 Å². The monoisotopic (exact) mass is 590 g/mol. The Labute approximate surface area is 215 Å². The van der Waals surface area contributed by atoms with E-state index in [-0.39, 0.29) is 29.8 Å². The summed E-state index contributed by atoms with van der Waals surface area (Å²) in [6.07, 6.45) is 5.21. The summed E-state index contributed by atoms with van der Waals surface area (Å²) in [4.78, 5) is 0. The first-order valence-electron chi connectivity index (χ1n) is 8.83. The topological polar surface area (TPSA) is 9.23 Å². The van der Waals surface area contributed by atoms with E-state index in [9.17, 15) is 0 Å². The fourth-order valence-electron chi connectivity index (χ4n) is 3.68. The molecule has 0 bridgehead atoms. The molecule has 0 saturated heterocycles. The Morgan fingerprint density at radius 3 is 2.47 bits per heavy atom. The number of hydrogen-bond acceptors (Lipinski definition) is 2. The third-order valence-electron chi connectivity index (χ3n) is 4.85. The van der Waals surface area contributed by atoms with E-state index in [4.69, 9.17) is 4.74 Å². The minimum atomic E-state index is 0. The van der Waals surface area contributed by atoms with E-state index < -0.39 is 0 Å². The van der Waals surface area contributed by atoms with Gasteiger partial charge in [-0.1, -0.05) is 40.6 Å². The minimum Gasteiger partial charge on any atom is -0.179 e. The molecule has 2 aliphatic carbocycles. The smallest absolute Gasteiger partial charge is 0.0253 e. The molecule has 1 atom stereocenters. The molecule has 0 aromatic heterocycles. The van der Waals surface area contributed by atoms with Gasteiger partial charge in [-0.2, -0.15) is 29.8 Å². The number of hydrogen-bond donors (Lipinski definition) is 0. The molecule has 1 nitrogen and oxygen atoms in total. The van der Waals surface area contributed by atoms with Crippen LogP contribution in [0.1, 0.15) is 11.1 Å². The number of rotatable bonds is 0. The fourth-order valence-corrected chi connectivity index (χ4v) is 4.16. The molecule has 6 heteroatoms. The second kappa shape index (κ2) is 11.6. The zero-order valence-corrected chi connectivity index (χ0v) is 22.0. The normalized spacial score (nSPS) is 15.5. The van der Waals surface area contributed by atoms with Crippen molar-refractivity contribution in [2.75, 3.05) is 0 Å². The molecule has 0 saturated carbocycles. The van der Waals surface area contributed by atoms with Crippen LogP contribution in [0.15, 0.2) is 72.3 Å². The quantitative estimate of drug-likeness (QED) is 0.187. The van der Waals surface area contributed by atoms with Crippen LogP contribution < -0.4 is 35.3 Å². The third-order valence-corrected chi connectivity index (χ3v) is 5.30. The van der Waals surface area contributed by atoms with Crippen molar-refractivity contribution < 1.29 is 52.2 Å². The summed E-state index contributed by atoms with van der Waals surface area (Å²) < 4.78 is 5.60. The zero-order valence-electron chi connectivity index (χ0n) is 15.7. The summed E-state index contributed by atoms with van der Waals surface area (Å²) in [5.41, 5.74) is 6.68. The fraction of sp³-hybridized carbons (Fsp3) is 0.0833. The molecule has 0 N–H and O–H groups in total. The van der Waals surface area contributed by atoms with Gasteiger partial charge in [-0.15, -0.1) is 41.1 Å². The van der Waals surface area contributed by atoms with Crippen LogP contribution in [0.2, 0.25) is 0 Å². The third kappa shape index (κ3) is 5.11. The Kier molecular flexibility index (Phi) is 9.85. The van der Waals surface area contributed by atoms with Gasteiger partial charge in [0.25, 0.3) is 0 Å². The van der Waals surface area contributed by atoms with Crippen molar-refractivity contribution in [3.63, 3.8) is 0 Å². The molecule has 0 spiro atoms. The number of fused-ring (bicyclic) bond motifs is 5. The number of alkyl halides is 1. The molecule has 1 heterocycles. The van der Waals surface area contributed by atoms with Crippen LogP contribution >= 0.6 is 24.8 Å². The van der Waals surface area contributed by atoms with E-state index in [1.807, 2.05) is 18.2 Å². The molecule has 30 heavy (non-hydrogen) atoms. The largest absolute Gasteiger partial charge is 0.179 e. The second-order valence-electron chi connectivity index (χ2n) is 6.46. The van der Waals surface area contributed by atoms with Crippen LogP contribution in [-0.2, 0) is 33.8 Å². The summed E-state index contributed by atoms with van der Waals surface area (Å²) in [5, 5.41) is 2.31. The van der Waals surface area contributed by atoms with Crippen LogP contribution in [-0.4, -0.2) is 5.01 Å². The van der Waals surface area contributed by atoms with Crippen LogP contribution in [0.3, 0.4) is 0 Å². The molecule has 1 aliphatic heterocycles. The maximum absolute atomic E-state index is 5.60. The summed E-state index contributed by atoms with van der Waals surface area (Å²) in [5.74, 6) is 0.980. The van der Waals surface area contributed by atoms with Gasteiger partial charge < -0.3 is 29.6 Å². The molecule has 150 valence electrons. The second-order valence-corrected chi connectivity index (χ2v) is 7.36. The van der Waals surface area contributed by atoms with Gasteiger partial charge >= 0.3 is 31.5 Å². The van der Waals surface area contributed by atoms with Crippen LogP contribution in [0, 0.1) is 12.1 Å². The summed E-state index contributed by atoms with van der Waals surface area (Å²) >= 11 is 4.53. The number of halogens is 3. The maximum Gasteiger partial charge on any atom is -0.0253 e. The van der Waals surface area contributed by atoms with Crippen LogP contribution in [0.5, 0.6) is 0 Å². The minimum absolute atomic E-state index is 0. The molecule has 0 radical (unpaired) electrons. The van der Waals surface area contributed by atoms with Crippen molar-refractivity contribution in [2.45, 2.75) is 11.4 Å². The van der Waals surface area contributed by atoms with Crippen molar-refractivity contribution in [2.24, 2.45) is 0 Å². The summed E-state index contributed by atoms with van der Waals surface area (Å²) in [6.45, 7) is 0. The Morgan fingerprint density at radius 2 is 1.63 bits per heavy atom. The predicted molar refractivity (Wildman–Crippen MR) is 115 cm³/mol. The average molecular weight is 593 g/mol.